The molecular formula is C12H12O10S3. The van der Waals surface area contributed by atoms with Crippen molar-refractivity contribution in [2.45, 2.75) is 9.79 Å². The summed E-state index contributed by atoms with van der Waals surface area (Å²) in [5.41, 5.74) is 0. The molecule has 0 atom stereocenters. The number of phenols is 1. The van der Waals surface area contributed by atoms with E-state index in [1.54, 1.807) is 0 Å². The lowest BCUT2D eigenvalue weighted by atomic mass is 10.1. The molecule has 25 heavy (non-hydrogen) atoms. The summed E-state index contributed by atoms with van der Waals surface area (Å²) < 4.78 is 90.1. The minimum atomic E-state index is -4.86. The van der Waals surface area contributed by atoms with Crippen LogP contribution in [0.15, 0.2) is 40.1 Å². The maximum Gasteiger partial charge on any atom is 0.397 e. The van der Waals surface area contributed by atoms with Crippen LogP contribution in [-0.2, 0) is 34.5 Å². The van der Waals surface area contributed by atoms with E-state index >= 15 is 0 Å². The summed E-state index contributed by atoms with van der Waals surface area (Å²) in [6.45, 7) is -0.938. The summed E-state index contributed by atoms with van der Waals surface area (Å²) in [5, 5.41) is 9.73. The van der Waals surface area contributed by atoms with Crippen LogP contribution in [0.2, 0.25) is 0 Å². The molecule has 0 saturated heterocycles. The highest BCUT2D eigenvalue weighted by Crippen LogP contribution is 2.34. The highest BCUT2D eigenvalue weighted by molar-refractivity contribution is 7.91. The molecule has 0 aliphatic carbocycles. The molecule has 138 valence electrons. The molecule has 0 aromatic heterocycles. The molecular weight excluding hydrogens is 400 g/mol. The van der Waals surface area contributed by atoms with Crippen molar-refractivity contribution < 1.29 is 43.6 Å². The van der Waals surface area contributed by atoms with E-state index in [2.05, 4.69) is 4.18 Å². The van der Waals surface area contributed by atoms with Crippen LogP contribution in [0.4, 0.5) is 0 Å². The average Bonchev–Trinajstić information content (AvgIpc) is 2.43. The third-order valence-corrected chi connectivity index (χ3v) is 6.10. The standard InChI is InChI=1S/C12H12O10S3/c13-10-3-1-2-8-6-9(24(16,17)18)7-11(12(8)10)23(14,15)5-4-22-25(19,20)21/h1-3,6-7,13H,4-5H2,(H,16,17,18)(H,19,20,21). The van der Waals surface area contributed by atoms with Gasteiger partial charge in [0.2, 0.25) is 0 Å². The van der Waals surface area contributed by atoms with Gasteiger partial charge in [0, 0.05) is 5.39 Å². The zero-order valence-electron chi connectivity index (χ0n) is 12.2. The Labute approximate surface area is 143 Å². The van der Waals surface area contributed by atoms with Gasteiger partial charge in [0.25, 0.3) is 10.1 Å². The van der Waals surface area contributed by atoms with Gasteiger partial charge in [0.05, 0.1) is 22.2 Å². The highest BCUT2D eigenvalue weighted by atomic mass is 32.3. The van der Waals surface area contributed by atoms with Gasteiger partial charge in [-0.3, -0.25) is 9.11 Å². The van der Waals surface area contributed by atoms with E-state index in [1.165, 1.54) is 18.2 Å². The van der Waals surface area contributed by atoms with Crippen LogP contribution in [0.1, 0.15) is 0 Å². The van der Waals surface area contributed by atoms with Crippen LogP contribution in [0.3, 0.4) is 0 Å². The zero-order chi connectivity index (χ0) is 19.0. The van der Waals surface area contributed by atoms with E-state index in [4.69, 9.17) is 9.11 Å². The smallest absolute Gasteiger partial charge is 0.397 e. The SMILES string of the molecule is O=S(=O)(O)OCCS(=O)(=O)c1cc(S(=O)(=O)O)cc2cccc(O)c12. The second kappa shape index (κ2) is 6.51. The van der Waals surface area contributed by atoms with Gasteiger partial charge in [-0.15, -0.1) is 0 Å². The minimum absolute atomic E-state index is 0.0180. The number of benzene rings is 2. The van der Waals surface area contributed by atoms with E-state index in [0.29, 0.717) is 6.07 Å². The van der Waals surface area contributed by atoms with Crippen LogP contribution in [-0.4, -0.2) is 51.8 Å². The fraction of sp³-hybridized carbons (Fsp3) is 0.167. The van der Waals surface area contributed by atoms with Crippen LogP contribution in [0.25, 0.3) is 10.8 Å². The van der Waals surface area contributed by atoms with Crippen LogP contribution in [0, 0.1) is 0 Å². The number of sulfone groups is 1. The third kappa shape index (κ3) is 4.65. The zero-order valence-corrected chi connectivity index (χ0v) is 14.7. The molecule has 10 nitrogen and oxygen atoms in total. The average molecular weight is 412 g/mol. The molecule has 0 aliphatic heterocycles. The first kappa shape index (κ1) is 19.6. The first-order valence-electron chi connectivity index (χ1n) is 6.39. The maximum atomic E-state index is 12.4. The number of fused-ring (bicyclic) bond motifs is 1. The monoisotopic (exact) mass is 412 g/mol. The van der Waals surface area contributed by atoms with Gasteiger partial charge in [-0.25, -0.2) is 12.6 Å². The summed E-state index contributed by atoms with van der Waals surface area (Å²) in [5.74, 6) is -1.40. The molecule has 0 bridgehead atoms. The summed E-state index contributed by atoms with van der Waals surface area (Å²) in [6, 6.07) is 5.43. The van der Waals surface area contributed by atoms with Gasteiger partial charge in [0.1, 0.15) is 5.75 Å². The van der Waals surface area contributed by atoms with E-state index in [1.807, 2.05) is 0 Å². The number of phenolic OH excluding ortho intramolecular Hbond substituents is 1. The molecule has 13 heteroatoms. The molecule has 0 saturated carbocycles. The molecule has 0 amide bonds. The molecule has 2 aromatic carbocycles. The van der Waals surface area contributed by atoms with E-state index in [-0.39, 0.29) is 10.8 Å². The Morgan fingerprint density at radius 3 is 2.16 bits per heavy atom. The Bertz CT molecular complexity index is 1130. The number of hydrogen-bond donors (Lipinski definition) is 3. The summed E-state index contributed by atoms with van der Waals surface area (Å²) in [6.07, 6.45) is 0. The summed E-state index contributed by atoms with van der Waals surface area (Å²) in [7, 11) is -14.0. The van der Waals surface area contributed by atoms with Crippen LogP contribution < -0.4 is 0 Å². The van der Waals surface area contributed by atoms with Gasteiger partial charge in [-0.2, -0.15) is 16.8 Å². The van der Waals surface area contributed by atoms with E-state index in [9.17, 15) is 30.4 Å². The quantitative estimate of drug-likeness (QED) is 0.563. The van der Waals surface area contributed by atoms with Crippen molar-refractivity contribution in [2.24, 2.45) is 0 Å². The second-order valence-corrected chi connectivity index (χ2v) is 9.43. The lowest BCUT2D eigenvalue weighted by molar-refractivity contribution is 0.284. The normalized spacial score (nSPS) is 13.2. The Morgan fingerprint density at radius 1 is 0.960 bits per heavy atom. The van der Waals surface area contributed by atoms with Gasteiger partial charge in [-0.05, 0) is 23.6 Å². The van der Waals surface area contributed by atoms with Gasteiger partial charge >= 0.3 is 10.4 Å². The number of hydrogen-bond acceptors (Lipinski definition) is 8. The van der Waals surface area contributed by atoms with E-state index < -0.39 is 58.3 Å². The first-order valence-corrected chi connectivity index (χ1v) is 10.8. The fourth-order valence-electron chi connectivity index (χ4n) is 2.10. The number of aromatic hydroxyl groups is 1. The first-order chi connectivity index (χ1) is 11.3. The molecule has 0 unspecified atom stereocenters. The van der Waals surface area contributed by atoms with Crippen LogP contribution in [0.5, 0.6) is 5.75 Å². The van der Waals surface area contributed by atoms with Crippen molar-refractivity contribution in [3.8, 4) is 5.75 Å². The molecule has 0 radical (unpaired) electrons. The van der Waals surface area contributed by atoms with E-state index in [0.717, 1.165) is 6.07 Å². The molecule has 2 aromatic rings. The maximum absolute atomic E-state index is 12.4. The Kier molecular flexibility index (Phi) is 5.09. The lowest BCUT2D eigenvalue weighted by Crippen LogP contribution is -2.16. The molecule has 0 fully saturated rings. The predicted molar refractivity (Wildman–Crippen MR) is 85.0 cm³/mol. The topological polar surface area (TPSA) is 172 Å². The molecule has 0 aliphatic rings. The van der Waals surface area contributed by atoms with Crippen molar-refractivity contribution in [1.29, 1.82) is 0 Å². The molecule has 0 spiro atoms. The van der Waals surface area contributed by atoms with Crippen molar-refractivity contribution in [3.63, 3.8) is 0 Å². The molecule has 3 N–H and O–H groups in total. The fourth-order valence-corrected chi connectivity index (χ4v) is 4.48. The van der Waals surface area contributed by atoms with Crippen molar-refractivity contribution in [3.05, 3.63) is 30.3 Å². The van der Waals surface area contributed by atoms with Gasteiger partial charge in [0.15, 0.2) is 9.84 Å². The van der Waals surface area contributed by atoms with Crippen molar-refractivity contribution >= 4 is 41.1 Å². The van der Waals surface area contributed by atoms with Crippen molar-refractivity contribution in [1.82, 2.24) is 0 Å². The Morgan fingerprint density at radius 2 is 1.60 bits per heavy atom. The van der Waals surface area contributed by atoms with Crippen molar-refractivity contribution in [2.75, 3.05) is 12.4 Å². The largest absolute Gasteiger partial charge is 0.507 e. The lowest BCUT2D eigenvalue weighted by Gasteiger charge is -2.11. The summed E-state index contributed by atoms with van der Waals surface area (Å²) in [4.78, 5) is -1.37. The summed E-state index contributed by atoms with van der Waals surface area (Å²) >= 11 is 0. The second-order valence-electron chi connectivity index (χ2n) is 4.84. The van der Waals surface area contributed by atoms with Gasteiger partial charge < -0.3 is 5.11 Å². The van der Waals surface area contributed by atoms with Crippen LogP contribution >= 0.6 is 0 Å². The Balaban J connectivity index is 2.66. The van der Waals surface area contributed by atoms with Gasteiger partial charge in [-0.1, -0.05) is 12.1 Å². The third-order valence-electron chi connectivity index (χ3n) is 3.11. The minimum Gasteiger partial charge on any atom is -0.507 e. The highest BCUT2D eigenvalue weighted by Gasteiger charge is 2.24. The Hall–Kier alpha value is -1.77. The molecule has 0 heterocycles. The number of rotatable bonds is 6. The predicted octanol–water partition coefficient (Wildman–Crippen LogP) is 0.385. The molecule has 2 rings (SSSR count).